The van der Waals surface area contributed by atoms with E-state index in [1.165, 1.54) is 17.5 Å². The summed E-state index contributed by atoms with van der Waals surface area (Å²) in [6, 6.07) is 17.3. The number of hydrogen-bond acceptors (Lipinski definition) is 4. The van der Waals surface area contributed by atoms with E-state index >= 15 is 0 Å². The van der Waals surface area contributed by atoms with Gasteiger partial charge in [-0.1, -0.05) is 37.3 Å². The van der Waals surface area contributed by atoms with Gasteiger partial charge in [-0.15, -0.1) is 24.8 Å². The fourth-order valence-corrected chi connectivity index (χ4v) is 3.94. The molecular formula is C23H34Cl2N2O2. The standard InChI is InChI=1S/C23H32N2O2.2ClH/c1-18(21-16-20(26-2)11-12-23(21)27-3)22-17-25(15-13-24-22)14-7-10-19-8-5-4-6-9-19;;/h4-6,8-9,11-12,16,18,22,24H,7,10,13-15,17H2,1-3H3;2*1H. The van der Waals surface area contributed by atoms with E-state index in [-0.39, 0.29) is 24.8 Å². The molecule has 0 spiro atoms. The van der Waals surface area contributed by atoms with Crippen LogP contribution in [0.25, 0.3) is 0 Å². The molecule has 0 saturated carbocycles. The molecule has 0 radical (unpaired) electrons. The van der Waals surface area contributed by atoms with Crippen molar-refractivity contribution < 1.29 is 9.47 Å². The van der Waals surface area contributed by atoms with Gasteiger partial charge in [-0.05, 0) is 43.1 Å². The fourth-order valence-electron chi connectivity index (χ4n) is 3.94. The number of ether oxygens (including phenoxy) is 2. The second-order valence-corrected chi connectivity index (χ2v) is 7.35. The zero-order valence-electron chi connectivity index (χ0n) is 17.6. The summed E-state index contributed by atoms with van der Waals surface area (Å²) in [5, 5.41) is 3.71. The number of halogens is 2. The monoisotopic (exact) mass is 440 g/mol. The summed E-state index contributed by atoms with van der Waals surface area (Å²) in [6.45, 7) is 6.65. The summed E-state index contributed by atoms with van der Waals surface area (Å²) in [5.41, 5.74) is 2.64. The molecule has 1 aliphatic rings. The van der Waals surface area contributed by atoms with Gasteiger partial charge >= 0.3 is 0 Å². The van der Waals surface area contributed by atoms with E-state index in [0.717, 1.165) is 44.1 Å². The summed E-state index contributed by atoms with van der Waals surface area (Å²) in [5.74, 6) is 2.17. The van der Waals surface area contributed by atoms with Crippen molar-refractivity contribution in [2.24, 2.45) is 0 Å². The maximum Gasteiger partial charge on any atom is 0.122 e. The first-order valence-corrected chi connectivity index (χ1v) is 9.93. The lowest BCUT2D eigenvalue weighted by atomic mass is 9.90. The summed E-state index contributed by atoms with van der Waals surface area (Å²) in [7, 11) is 3.45. The SMILES string of the molecule is COc1ccc(OC)c(C(C)C2CN(CCCc3ccccc3)CCN2)c1.Cl.Cl. The van der Waals surface area contributed by atoms with E-state index in [1.54, 1.807) is 14.2 Å². The van der Waals surface area contributed by atoms with Gasteiger partial charge < -0.3 is 19.7 Å². The van der Waals surface area contributed by atoms with Gasteiger partial charge in [0.1, 0.15) is 11.5 Å². The lowest BCUT2D eigenvalue weighted by Gasteiger charge is -2.37. The van der Waals surface area contributed by atoms with Crippen molar-refractivity contribution in [1.82, 2.24) is 10.2 Å². The van der Waals surface area contributed by atoms with E-state index in [4.69, 9.17) is 9.47 Å². The van der Waals surface area contributed by atoms with Crippen LogP contribution >= 0.6 is 24.8 Å². The highest BCUT2D eigenvalue weighted by atomic mass is 35.5. The minimum Gasteiger partial charge on any atom is -0.497 e. The Labute approximate surface area is 187 Å². The van der Waals surface area contributed by atoms with Gasteiger partial charge in [-0.3, -0.25) is 0 Å². The largest absolute Gasteiger partial charge is 0.497 e. The van der Waals surface area contributed by atoms with Crippen LogP contribution in [0.3, 0.4) is 0 Å². The lowest BCUT2D eigenvalue weighted by Crippen LogP contribution is -2.52. The molecule has 1 fully saturated rings. The number of nitrogens with zero attached hydrogens (tertiary/aromatic N) is 1. The van der Waals surface area contributed by atoms with Gasteiger partial charge in [0.15, 0.2) is 0 Å². The van der Waals surface area contributed by atoms with E-state index in [2.05, 4.69) is 53.5 Å². The van der Waals surface area contributed by atoms with Crippen LogP contribution in [0.5, 0.6) is 11.5 Å². The number of nitrogens with one attached hydrogen (secondary N) is 1. The third kappa shape index (κ3) is 7.07. The topological polar surface area (TPSA) is 33.7 Å². The van der Waals surface area contributed by atoms with E-state index in [9.17, 15) is 0 Å². The Morgan fingerprint density at radius 1 is 1.07 bits per heavy atom. The zero-order valence-corrected chi connectivity index (χ0v) is 19.2. The average molecular weight is 441 g/mol. The van der Waals surface area contributed by atoms with Crippen LogP contribution < -0.4 is 14.8 Å². The molecule has 1 saturated heterocycles. The third-order valence-corrected chi connectivity index (χ3v) is 5.60. The van der Waals surface area contributed by atoms with Gasteiger partial charge in [0.2, 0.25) is 0 Å². The molecule has 1 heterocycles. The molecule has 0 amide bonds. The molecule has 1 aliphatic heterocycles. The van der Waals surface area contributed by atoms with E-state index < -0.39 is 0 Å². The lowest BCUT2D eigenvalue weighted by molar-refractivity contribution is 0.185. The highest BCUT2D eigenvalue weighted by Gasteiger charge is 2.27. The molecule has 2 aromatic rings. The Balaban J connectivity index is 0.00000210. The van der Waals surface area contributed by atoms with Crippen molar-refractivity contribution in [2.75, 3.05) is 40.4 Å². The second-order valence-electron chi connectivity index (χ2n) is 7.35. The first-order chi connectivity index (χ1) is 13.2. The normalized spacial score (nSPS) is 17.6. The predicted molar refractivity (Wildman–Crippen MR) is 125 cm³/mol. The maximum atomic E-state index is 5.60. The van der Waals surface area contributed by atoms with E-state index in [1.807, 2.05) is 12.1 Å². The molecule has 0 bridgehead atoms. The highest BCUT2D eigenvalue weighted by molar-refractivity contribution is 5.85. The van der Waals surface area contributed by atoms with Crippen molar-refractivity contribution in [3.05, 3.63) is 59.7 Å². The van der Waals surface area contributed by atoms with Gasteiger partial charge in [0.05, 0.1) is 14.2 Å². The number of benzene rings is 2. The molecule has 6 heteroatoms. The minimum absolute atomic E-state index is 0. The number of methoxy groups -OCH3 is 2. The van der Waals surface area contributed by atoms with Crippen LogP contribution in [0.15, 0.2) is 48.5 Å². The van der Waals surface area contributed by atoms with Gasteiger partial charge in [-0.2, -0.15) is 0 Å². The van der Waals surface area contributed by atoms with Crippen LogP contribution in [0.1, 0.15) is 30.4 Å². The molecule has 2 atom stereocenters. The smallest absolute Gasteiger partial charge is 0.122 e. The highest BCUT2D eigenvalue weighted by Crippen LogP contribution is 2.33. The first-order valence-electron chi connectivity index (χ1n) is 9.93. The summed E-state index contributed by atoms with van der Waals surface area (Å²) in [6.07, 6.45) is 2.35. The fraction of sp³-hybridized carbons (Fsp3) is 0.478. The van der Waals surface area contributed by atoms with Crippen molar-refractivity contribution >= 4 is 24.8 Å². The number of piperazine rings is 1. The molecule has 1 N–H and O–H groups in total. The van der Waals surface area contributed by atoms with Gasteiger partial charge in [0, 0.05) is 37.2 Å². The van der Waals surface area contributed by atoms with Gasteiger partial charge in [0.25, 0.3) is 0 Å². The van der Waals surface area contributed by atoms with Crippen LogP contribution in [0, 0.1) is 0 Å². The van der Waals surface area contributed by atoms with Gasteiger partial charge in [-0.25, -0.2) is 0 Å². The molecule has 2 aromatic carbocycles. The molecule has 0 aromatic heterocycles. The van der Waals surface area contributed by atoms with E-state index in [0.29, 0.717) is 12.0 Å². The minimum atomic E-state index is 0. The van der Waals surface area contributed by atoms with Crippen LogP contribution in [0.2, 0.25) is 0 Å². The zero-order chi connectivity index (χ0) is 19.1. The molecule has 29 heavy (non-hydrogen) atoms. The summed E-state index contributed by atoms with van der Waals surface area (Å²) >= 11 is 0. The average Bonchev–Trinajstić information content (AvgIpc) is 2.73. The van der Waals surface area contributed by atoms with Crippen LogP contribution in [-0.4, -0.2) is 51.3 Å². The third-order valence-electron chi connectivity index (χ3n) is 5.60. The van der Waals surface area contributed by atoms with Crippen molar-refractivity contribution in [1.29, 1.82) is 0 Å². The summed E-state index contributed by atoms with van der Waals surface area (Å²) in [4.78, 5) is 2.59. The summed E-state index contributed by atoms with van der Waals surface area (Å²) < 4.78 is 11.0. The molecule has 4 nitrogen and oxygen atoms in total. The Morgan fingerprint density at radius 3 is 2.52 bits per heavy atom. The molecule has 0 aliphatic carbocycles. The molecule has 3 rings (SSSR count). The van der Waals surface area contributed by atoms with Crippen molar-refractivity contribution in [3.8, 4) is 11.5 Å². The molecule has 2 unspecified atom stereocenters. The maximum absolute atomic E-state index is 5.60. The Kier molecular flexibility index (Phi) is 11.4. The van der Waals surface area contributed by atoms with Crippen LogP contribution in [-0.2, 0) is 6.42 Å². The predicted octanol–water partition coefficient (Wildman–Crippen LogP) is 4.56. The van der Waals surface area contributed by atoms with Crippen LogP contribution in [0.4, 0.5) is 0 Å². The Morgan fingerprint density at radius 2 is 1.83 bits per heavy atom. The number of aryl methyl sites for hydroxylation is 1. The Hall–Kier alpha value is -1.46. The second kappa shape index (κ2) is 13.0. The number of rotatable bonds is 8. The quantitative estimate of drug-likeness (QED) is 0.652. The number of hydrogen-bond donors (Lipinski definition) is 1. The van der Waals surface area contributed by atoms with Crippen molar-refractivity contribution in [3.63, 3.8) is 0 Å². The Bertz CT molecular complexity index is 715. The molecular weight excluding hydrogens is 407 g/mol. The first kappa shape index (κ1) is 25.6. The van der Waals surface area contributed by atoms with Crippen molar-refractivity contribution in [2.45, 2.75) is 31.7 Å². The molecule has 162 valence electrons.